The molecule has 1 aromatic carbocycles. The summed E-state index contributed by atoms with van der Waals surface area (Å²) in [7, 11) is -3.86. The number of carbonyl (C=O) groups excluding carboxylic acids is 3. The summed E-state index contributed by atoms with van der Waals surface area (Å²) in [6, 6.07) is 5.16. The molecule has 0 saturated carbocycles. The van der Waals surface area contributed by atoms with Gasteiger partial charge >= 0.3 is 12.0 Å². The number of benzene rings is 1. The van der Waals surface area contributed by atoms with E-state index in [1.807, 2.05) is 5.32 Å². The van der Waals surface area contributed by atoms with Gasteiger partial charge in [-0.25, -0.2) is 17.9 Å². The van der Waals surface area contributed by atoms with E-state index in [2.05, 4.69) is 14.8 Å². The number of esters is 1. The van der Waals surface area contributed by atoms with Crippen molar-refractivity contribution in [2.24, 2.45) is 0 Å². The molecule has 25 heavy (non-hydrogen) atoms. The second-order valence-electron chi connectivity index (χ2n) is 4.65. The fourth-order valence-electron chi connectivity index (χ4n) is 1.61. The molecule has 0 saturated heterocycles. The highest BCUT2D eigenvalue weighted by atomic mass is 35.5. The fourth-order valence-corrected chi connectivity index (χ4v) is 3.16. The van der Waals surface area contributed by atoms with Crippen molar-refractivity contribution in [2.45, 2.75) is 18.2 Å². The van der Waals surface area contributed by atoms with E-state index in [4.69, 9.17) is 11.6 Å². The van der Waals surface area contributed by atoms with Gasteiger partial charge < -0.3 is 10.1 Å². The molecule has 3 amide bonds. The van der Waals surface area contributed by atoms with Gasteiger partial charge in [0.05, 0.1) is 11.4 Å². The first-order valence-electron chi connectivity index (χ1n) is 7.23. The first-order valence-corrected chi connectivity index (χ1v) is 9.10. The normalized spacial score (nSPS) is 10.8. The van der Waals surface area contributed by atoms with Gasteiger partial charge in [0.15, 0.2) is 6.61 Å². The van der Waals surface area contributed by atoms with Crippen LogP contribution in [0.15, 0.2) is 29.2 Å². The summed E-state index contributed by atoms with van der Waals surface area (Å²) < 4.78 is 30.9. The van der Waals surface area contributed by atoms with E-state index in [0.717, 1.165) is 0 Å². The zero-order valence-corrected chi connectivity index (χ0v) is 14.9. The molecule has 1 rings (SSSR count). The molecule has 11 heteroatoms. The highest BCUT2D eigenvalue weighted by Crippen LogP contribution is 2.19. The topological polar surface area (TPSA) is 131 Å². The van der Waals surface area contributed by atoms with E-state index in [-0.39, 0.29) is 22.9 Å². The van der Waals surface area contributed by atoms with Gasteiger partial charge in [0.25, 0.3) is 5.91 Å². The number of hydrogen-bond donors (Lipinski definition) is 3. The first-order chi connectivity index (χ1) is 11.8. The number of nitrogens with one attached hydrogen (secondary N) is 3. The molecule has 3 N–H and O–H groups in total. The second-order valence-corrected chi connectivity index (χ2v) is 6.79. The first kappa shape index (κ1) is 20.9. The van der Waals surface area contributed by atoms with Gasteiger partial charge in [-0.15, -0.1) is 0 Å². The standard InChI is InChI=1S/C14H18ClN3O6S/c1-2-16-14(21)18-12(19)9-24-13(20)7-8-17-25(22,23)11-6-4-3-5-10(11)15/h3-6,17H,2,7-9H2,1H3,(H2,16,18,19,21). The number of sulfonamides is 1. The molecule has 0 spiro atoms. The molecule has 0 aliphatic rings. The summed E-state index contributed by atoms with van der Waals surface area (Å²) in [6.45, 7) is 1.13. The zero-order valence-electron chi connectivity index (χ0n) is 13.4. The lowest BCUT2D eigenvalue weighted by molar-refractivity contribution is -0.148. The van der Waals surface area contributed by atoms with E-state index >= 15 is 0 Å². The van der Waals surface area contributed by atoms with Gasteiger partial charge in [-0.1, -0.05) is 23.7 Å². The molecule has 0 heterocycles. The molecule has 0 aliphatic heterocycles. The summed E-state index contributed by atoms with van der Waals surface area (Å²) >= 11 is 5.81. The average molecular weight is 392 g/mol. The van der Waals surface area contributed by atoms with Crippen LogP contribution in [-0.2, 0) is 24.3 Å². The number of hydrogen-bond acceptors (Lipinski definition) is 6. The molecule has 0 atom stereocenters. The Kier molecular flexibility index (Phi) is 8.32. The molecule has 9 nitrogen and oxygen atoms in total. The molecule has 138 valence electrons. The monoisotopic (exact) mass is 391 g/mol. The number of urea groups is 1. The third-order valence-electron chi connectivity index (χ3n) is 2.70. The second kappa shape index (κ2) is 9.97. The van der Waals surface area contributed by atoms with Gasteiger partial charge in [0.2, 0.25) is 10.0 Å². The number of ether oxygens (including phenoxy) is 1. The molecular formula is C14H18ClN3O6S. The minimum Gasteiger partial charge on any atom is -0.456 e. The quantitative estimate of drug-likeness (QED) is 0.550. The summed E-state index contributed by atoms with van der Waals surface area (Å²) in [6.07, 6.45) is -0.294. The third-order valence-corrected chi connectivity index (χ3v) is 4.66. The van der Waals surface area contributed by atoms with Crippen LogP contribution >= 0.6 is 11.6 Å². The van der Waals surface area contributed by atoms with Crippen molar-refractivity contribution in [2.75, 3.05) is 19.7 Å². The Bertz CT molecular complexity index is 738. The van der Waals surface area contributed by atoms with E-state index in [1.54, 1.807) is 13.0 Å². The van der Waals surface area contributed by atoms with Crippen molar-refractivity contribution < 1.29 is 27.5 Å². The molecular weight excluding hydrogens is 374 g/mol. The Morgan fingerprint density at radius 3 is 2.52 bits per heavy atom. The van der Waals surface area contributed by atoms with Crippen molar-refractivity contribution >= 4 is 39.5 Å². The van der Waals surface area contributed by atoms with Crippen molar-refractivity contribution in [3.05, 3.63) is 29.3 Å². The van der Waals surface area contributed by atoms with Crippen LogP contribution in [0.2, 0.25) is 5.02 Å². The number of imide groups is 1. The maximum Gasteiger partial charge on any atom is 0.321 e. The van der Waals surface area contributed by atoms with Gasteiger partial charge in [-0.05, 0) is 19.1 Å². The van der Waals surface area contributed by atoms with Gasteiger partial charge in [-0.3, -0.25) is 14.9 Å². The molecule has 0 aliphatic carbocycles. The van der Waals surface area contributed by atoms with Crippen molar-refractivity contribution in [1.29, 1.82) is 0 Å². The molecule has 1 aromatic rings. The Balaban J connectivity index is 2.36. The summed E-state index contributed by atoms with van der Waals surface area (Å²) in [5.74, 6) is -1.59. The molecule has 0 unspecified atom stereocenters. The van der Waals surface area contributed by atoms with Gasteiger partial charge in [0.1, 0.15) is 4.90 Å². The van der Waals surface area contributed by atoms with Crippen LogP contribution in [0, 0.1) is 0 Å². The van der Waals surface area contributed by atoms with Crippen molar-refractivity contribution in [1.82, 2.24) is 15.4 Å². The van der Waals surface area contributed by atoms with Crippen LogP contribution in [0.3, 0.4) is 0 Å². The minimum atomic E-state index is -3.86. The Morgan fingerprint density at radius 2 is 1.88 bits per heavy atom. The smallest absolute Gasteiger partial charge is 0.321 e. The zero-order chi connectivity index (χ0) is 18.9. The minimum absolute atomic E-state index is 0.0552. The lowest BCUT2D eigenvalue weighted by Gasteiger charge is -2.08. The van der Waals surface area contributed by atoms with Crippen molar-refractivity contribution in [3.63, 3.8) is 0 Å². The van der Waals surface area contributed by atoms with E-state index in [1.165, 1.54) is 18.2 Å². The van der Waals surface area contributed by atoms with Crippen LogP contribution in [0.25, 0.3) is 0 Å². The predicted octanol–water partition coefficient (Wildman–Crippen LogP) is 0.397. The maximum absolute atomic E-state index is 12.0. The van der Waals surface area contributed by atoms with Crippen LogP contribution in [0.1, 0.15) is 13.3 Å². The number of halogens is 1. The predicted molar refractivity (Wildman–Crippen MR) is 89.4 cm³/mol. The van der Waals surface area contributed by atoms with Gasteiger partial charge in [-0.2, -0.15) is 0 Å². The summed E-state index contributed by atoms with van der Waals surface area (Å²) in [5.41, 5.74) is 0. The Hall–Kier alpha value is -2.17. The highest BCUT2D eigenvalue weighted by molar-refractivity contribution is 7.89. The SMILES string of the molecule is CCNC(=O)NC(=O)COC(=O)CCNS(=O)(=O)c1ccccc1Cl. The van der Waals surface area contributed by atoms with Crippen LogP contribution in [0.4, 0.5) is 4.79 Å². The highest BCUT2D eigenvalue weighted by Gasteiger charge is 2.17. The molecule has 0 fully saturated rings. The van der Waals surface area contributed by atoms with Crippen LogP contribution in [0.5, 0.6) is 0 Å². The van der Waals surface area contributed by atoms with E-state index in [9.17, 15) is 22.8 Å². The number of rotatable bonds is 8. The Labute approximate surface area is 150 Å². The largest absolute Gasteiger partial charge is 0.456 e. The third kappa shape index (κ3) is 7.50. The van der Waals surface area contributed by atoms with Gasteiger partial charge in [0, 0.05) is 13.1 Å². The average Bonchev–Trinajstić information content (AvgIpc) is 2.53. The van der Waals surface area contributed by atoms with E-state index < -0.39 is 34.5 Å². The summed E-state index contributed by atoms with van der Waals surface area (Å²) in [4.78, 5) is 33.8. The van der Waals surface area contributed by atoms with E-state index in [0.29, 0.717) is 6.54 Å². The van der Waals surface area contributed by atoms with Crippen LogP contribution in [-0.4, -0.2) is 46.0 Å². The van der Waals surface area contributed by atoms with Crippen molar-refractivity contribution in [3.8, 4) is 0 Å². The molecule has 0 aromatic heterocycles. The molecule has 0 bridgehead atoms. The van der Waals surface area contributed by atoms with Crippen LogP contribution < -0.4 is 15.4 Å². The lowest BCUT2D eigenvalue weighted by Crippen LogP contribution is -2.41. The Morgan fingerprint density at radius 1 is 1.20 bits per heavy atom. The fraction of sp³-hybridized carbons (Fsp3) is 0.357. The summed E-state index contributed by atoms with van der Waals surface area (Å²) in [5, 5.41) is 4.34. The number of carbonyl (C=O) groups is 3. The number of amides is 3. The maximum atomic E-state index is 12.0. The lowest BCUT2D eigenvalue weighted by atomic mass is 10.4. The molecule has 0 radical (unpaired) electrons.